The lowest BCUT2D eigenvalue weighted by atomic mass is 10.2. The Morgan fingerprint density at radius 1 is 1.00 bits per heavy atom. The Kier molecular flexibility index (Phi) is 6.97. The van der Waals surface area contributed by atoms with Gasteiger partial charge in [0.15, 0.2) is 0 Å². The van der Waals surface area contributed by atoms with Crippen molar-refractivity contribution in [3.63, 3.8) is 0 Å². The van der Waals surface area contributed by atoms with Gasteiger partial charge in [0, 0.05) is 5.69 Å². The van der Waals surface area contributed by atoms with Crippen LogP contribution in [0.5, 0.6) is 5.75 Å². The van der Waals surface area contributed by atoms with Crippen LogP contribution < -0.4 is 14.4 Å². The van der Waals surface area contributed by atoms with Crippen LogP contribution in [0.2, 0.25) is 0 Å². The Bertz CT molecular complexity index is 1230. The molecular formula is C23H21F3N2O4S. The zero-order valence-corrected chi connectivity index (χ0v) is 18.6. The highest BCUT2D eigenvalue weighted by atomic mass is 32.2. The second-order valence-electron chi connectivity index (χ2n) is 7.15. The number of carbonyl (C=O) groups is 1. The van der Waals surface area contributed by atoms with Gasteiger partial charge in [-0.1, -0.05) is 23.8 Å². The van der Waals surface area contributed by atoms with Gasteiger partial charge in [0.25, 0.3) is 10.0 Å². The summed E-state index contributed by atoms with van der Waals surface area (Å²) >= 11 is 0. The highest BCUT2D eigenvalue weighted by Crippen LogP contribution is 2.33. The minimum absolute atomic E-state index is 0.150. The van der Waals surface area contributed by atoms with Crippen LogP contribution in [0.1, 0.15) is 11.1 Å². The lowest BCUT2D eigenvalue weighted by Crippen LogP contribution is -2.38. The molecule has 0 aliphatic heterocycles. The van der Waals surface area contributed by atoms with Crippen molar-refractivity contribution in [3.05, 3.63) is 83.9 Å². The maximum absolute atomic E-state index is 13.3. The molecule has 0 saturated heterocycles. The van der Waals surface area contributed by atoms with E-state index in [4.69, 9.17) is 4.74 Å². The minimum atomic E-state index is -4.68. The fourth-order valence-corrected chi connectivity index (χ4v) is 4.41. The molecule has 3 aromatic carbocycles. The number of carbonyl (C=O) groups excluding carboxylic acids is 1. The molecule has 3 aromatic rings. The number of rotatable bonds is 7. The molecule has 3 rings (SSSR count). The largest absolute Gasteiger partial charge is 0.497 e. The van der Waals surface area contributed by atoms with E-state index in [0.717, 1.165) is 17.7 Å². The van der Waals surface area contributed by atoms with E-state index in [1.165, 1.54) is 25.3 Å². The van der Waals surface area contributed by atoms with Gasteiger partial charge in [-0.25, -0.2) is 8.42 Å². The third-order valence-electron chi connectivity index (χ3n) is 4.73. The molecule has 10 heteroatoms. The summed E-state index contributed by atoms with van der Waals surface area (Å²) in [7, 11) is -2.86. The van der Waals surface area contributed by atoms with E-state index in [1.807, 2.05) is 0 Å². The molecule has 0 spiro atoms. The molecule has 0 aliphatic carbocycles. The van der Waals surface area contributed by atoms with Gasteiger partial charge >= 0.3 is 6.18 Å². The van der Waals surface area contributed by atoms with Gasteiger partial charge in [0.05, 0.1) is 23.3 Å². The molecule has 6 nitrogen and oxygen atoms in total. The third-order valence-corrected chi connectivity index (χ3v) is 6.52. The minimum Gasteiger partial charge on any atom is -0.497 e. The highest BCUT2D eigenvalue weighted by molar-refractivity contribution is 7.92. The Balaban J connectivity index is 1.98. The van der Waals surface area contributed by atoms with E-state index in [1.54, 1.807) is 43.3 Å². The summed E-state index contributed by atoms with van der Waals surface area (Å²) < 4.78 is 72.1. The van der Waals surface area contributed by atoms with Crippen LogP contribution in [0.15, 0.2) is 77.7 Å². The number of sulfonamides is 1. The predicted molar refractivity (Wildman–Crippen MR) is 119 cm³/mol. The van der Waals surface area contributed by atoms with E-state index in [0.29, 0.717) is 21.8 Å². The molecule has 0 aromatic heterocycles. The smallest absolute Gasteiger partial charge is 0.416 e. The van der Waals surface area contributed by atoms with Crippen LogP contribution in [0.25, 0.3) is 0 Å². The number of hydrogen-bond acceptors (Lipinski definition) is 4. The average Bonchev–Trinajstić information content (AvgIpc) is 2.77. The van der Waals surface area contributed by atoms with Crippen LogP contribution >= 0.6 is 0 Å². The first-order valence-electron chi connectivity index (χ1n) is 9.71. The van der Waals surface area contributed by atoms with Gasteiger partial charge < -0.3 is 10.1 Å². The number of anilines is 2. The number of nitrogens with zero attached hydrogens (tertiary/aromatic N) is 1. The summed E-state index contributed by atoms with van der Waals surface area (Å²) in [4.78, 5) is 12.5. The predicted octanol–water partition coefficient (Wildman–Crippen LogP) is 4.86. The van der Waals surface area contributed by atoms with Crippen molar-refractivity contribution < 1.29 is 31.1 Å². The van der Waals surface area contributed by atoms with Crippen LogP contribution in [-0.2, 0) is 21.0 Å². The summed E-state index contributed by atoms with van der Waals surface area (Å²) in [6.45, 7) is 1.03. The molecule has 0 heterocycles. The Labute approximate surface area is 189 Å². The third kappa shape index (κ3) is 5.83. The van der Waals surface area contributed by atoms with Gasteiger partial charge in [0.2, 0.25) is 5.91 Å². The zero-order valence-electron chi connectivity index (χ0n) is 17.8. The maximum atomic E-state index is 13.3. The van der Waals surface area contributed by atoms with Gasteiger partial charge in [0.1, 0.15) is 12.3 Å². The molecular weight excluding hydrogens is 457 g/mol. The topological polar surface area (TPSA) is 75.7 Å². The molecule has 0 atom stereocenters. The molecule has 33 heavy (non-hydrogen) atoms. The van der Waals surface area contributed by atoms with Crippen molar-refractivity contribution in [2.45, 2.75) is 18.0 Å². The first-order chi connectivity index (χ1) is 15.5. The fraction of sp³-hybridized carbons (Fsp3) is 0.174. The summed E-state index contributed by atoms with van der Waals surface area (Å²) in [6, 6.07) is 16.0. The fourth-order valence-electron chi connectivity index (χ4n) is 3.00. The Morgan fingerprint density at radius 2 is 1.64 bits per heavy atom. The second kappa shape index (κ2) is 9.53. The average molecular weight is 478 g/mol. The van der Waals surface area contributed by atoms with Crippen LogP contribution in [0.4, 0.5) is 24.5 Å². The standard InChI is InChI=1S/C23H21F3N2O4S/c1-16-6-12-21(13-7-16)33(30,31)28(19-5-3-4-17(14-19)23(24,25)26)15-22(29)27-18-8-10-20(32-2)11-9-18/h3-14H,15H2,1-2H3,(H,27,29). The van der Waals surface area contributed by atoms with E-state index in [9.17, 15) is 26.4 Å². The van der Waals surface area contributed by atoms with Crippen molar-refractivity contribution >= 4 is 27.3 Å². The van der Waals surface area contributed by atoms with Gasteiger partial charge in [-0.05, 0) is 61.5 Å². The van der Waals surface area contributed by atoms with E-state index >= 15 is 0 Å². The van der Waals surface area contributed by atoms with Crippen LogP contribution in [0.3, 0.4) is 0 Å². The van der Waals surface area contributed by atoms with Gasteiger partial charge in [-0.15, -0.1) is 0 Å². The second-order valence-corrected chi connectivity index (χ2v) is 9.01. The molecule has 0 unspecified atom stereocenters. The quantitative estimate of drug-likeness (QED) is 0.527. The molecule has 1 N–H and O–H groups in total. The number of methoxy groups -OCH3 is 1. The first kappa shape index (κ1) is 24.1. The van der Waals surface area contributed by atoms with E-state index < -0.39 is 34.2 Å². The van der Waals surface area contributed by atoms with Crippen molar-refractivity contribution in [1.82, 2.24) is 0 Å². The van der Waals surface area contributed by atoms with Crippen molar-refractivity contribution in [1.29, 1.82) is 0 Å². The molecule has 0 aliphatic rings. The monoisotopic (exact) mass is 478 g/mol. The summed E-state index contributed by atoms with van der Waals surface area (Å²) in [5.41, 5.74) is -0.135. The van der Waals surface area contributed by atoms with Crippen LogP contribution in [-0.4, -0.2) is 28.0 Å². The SMILES string of the molecule is COc1ccc(NC(=O)CN(c2cccc(C(F)(F)F)c2)S(=O)(=O)c2ccc(C)cc2)cc1. The molecule has 0 fully saturated rings. The molecule has 174 valence electrons. The number of amides is 1. The number of aryl methyl sites for hydroxylation is 1. The summed E-state index contributed by atoms with van der Waals surface area (Å²) in [5.74, 6) is -0.172. The summed E-state index contributed by atoms with van der Waals surface area (Å²) in [5, 5.41) is 2.55. The molecule has 1 amide bonds. The Morgan fingerprint density at radius 3 is 2.21 bits per heavy atom. The van der Waals surface area contributed by atoms with E-state index in [-0.39, 0.29) is 10.6 Å². The highest BCUT2D eigenvalue weighted by Gasteiger charge is 2.33. The van der Waals surface area contributed by atoms with Crippen molar-refractivity contribution in [2.75, 3.05) is 23.3 Å². The number of halogens is 3. The lowest BCUT2D eigenvalue weighted by molar-refractivity contribution is -0.137. The van der Waals surface area contributed by atoms with Gasteiger partial charge in [-0.2, -0.15) is 13.2 Å². The molecule has 0 bridgehead atoms. The number of ether oxygens (including phenoxy) is 1. The van der Waals surface area contributed by atoms with Crippen LogP contribution in [0, 0.1) is 6.92 Å². The van der Waals surface area contributed by atoms with Crippen molar-refractivity contribution in [2.24, 2.45) is 0 Å². The number of nitrogens with one attached hydrogen (secondary N) is 1. The number of benzene rings is 3. The van der Waals surface area contributed by atoms with Crippen molar-refractivity contribution in [3.8, 4) is 5.75 Å². The lowest BCUT2D eigenvalue weighted by Gasteiger charge is -2.25. The maximum Gasteiger partial charge on any atom is 0.416 e. The zero-order chi connectivity index (χ0) is 24.2. The normalized spacial score (nSPS) is 11.7. The molecule has 0 radical (unpaired) electrons. The number of alkyl halides is 3. The molecule has 0 saturated carbocycles. The van der Waals surface area contributed by atoms with Gasteiger partial charge in [-0.3, -0.25) is 9.10 Å². The van der Waals surface area contributed by atoms with E-state index in [2.05, 4.69) is 5.32 Å². The Hall–Kier alpha value is -3.53. The number of hydrogen-bond donors (Lipinski definition) is 1. The summed E-state index contributed by atoms with van der Waals surface area (Å²) in [6.07, 6.45) is -4.68. The first-order valence-corrected chi connectivity index (χ1v) is 11.2.